The molecular formula is C13H11FN4O. The Morgan fingerprint density at radius 3 is 2.74 bits per heavy atom. The smallest absolute Gasteiger partial charge is 0.274 e. The van der Waals surface area contributed by atoms with E-state index in [1.165, 1.54) is 28.8 Å². The fourth-order valence-corrected chi connectivity index (χ4v) is 1.55. The number of carbonyl (C=O) groups excluding carboxylic acids is 1. The number of hydrogen-bond acceptors (Lipinski definition) is 3. The molecule has 0 spiro atoms. The molecular weight excluding hydrogens is 247 g/mol. The van der Waals surface area contributed by atoms with E-state index in [9.17, 15) is 9.18 Å². The average Bonchev–Trinajstić information content (AvgIpc) is 2.88. The van der Waals surface area contributed by atoms with Gasteiger partial charge in [-0.05, 0) is 30.3 Å². The lowest BCUT2D eigenvalue weighted by atomic mass is 10.3. The van der Waals surface area contributed by atoms with E-state index < -0.39 is 0 Å². The molecule has 1 amide bonds. The highest BCUT2D eigenvalue weighted by Crippen LogP contribution is 2.09. The fraction of sp³-hybridized carbons (Fsp3) is 0.154. The van der Waals surface area contributed by atoms with Crippen LogP contribution in [0.3, 0.4) is 0 Å². The molecule has 0 bridgehead atoms. The van der Waals surface area contributed by atoms with Crippen LogP contribution in [0.15, 0.2) is 36.5 Å². The maximum atomic E-state index is 12.8. The lowest BCUT2D eigenvalue weighted by molar-refractivity contribution is 0.0806. The second-order valence-corrected chi connectivity index (χ2v) is 3.94. The summed E-state index contributed by atoms with van der Waals surface area (Å²) in [4.78, 5) is 13.1. The number of halogens is 1. The van der Waals surface area contributed by atoms with Crippen LogP contribution in [0.2, 0.25) is 0 Å². The van der Waals surface area contributed by atoms with Crippen molar-refractivity contribution >= 4 is 5.91 Å². The van der Waals surface area contributed by atoms with Gasteiger partial charge in [0.25, 0.3) is 5.91 Å². The van der Waals surface area contributed by atoms with Crippen molar-refractivity contribution in [1.82, 2.24) is 14.7 Å². The molecule has 5 nitrogen and oxygen atoms in total. The van der Waals surface area contributed by atoms with E-state index >= 15 is 0 Å². The van der Waals surface area contributed by atoms with Crippen LogP contribution in [-0.2, 0) is 0 Å². The SMILES string of the molecule is CN(CC#N)C(=O)c1ccn(-c2ccc(F)cc2)n1. The maximum Gasteiger partial charge on any atom is 0.274 e. The van der Waals surface area contributed by atoms with Gasteiger partial charge in [-0.3, -0.25) is 4.79 Å². The molecule has 0 radical (unpaired) electrons. The molecule has 0 aliphatic rings. The molecule has 0 saturated carbocycles. The van der Waals surface area contributed by atoms with E-state index in [4.69, 9.17) is 5.26 Å². The van der Waals surface area contributed by atoms with Crippen LogP contribution in [0.25, 0.3) is 5.69 Å². The first kappa shape index (κ1) is 12.8. The fourth-order valence-electron chi connectivity index (χ4n) is 1.55. The Hall–Kier alpha value is -2.68. The minimum atomic E-state index is -0.332. The Labute approximate surface area is 109 Å². The minimum Gasteiger partial charge on any atom is -0.327 e. The third kappa shape index (κ3) is 2.77. The zero-order chi connectivity index (χ0) is 13.8. The molecule has 0 saturated heterocycles. The molecule has 0 unspecified atom stereocenters. The first-order chi connectivity index (χ1) is 9.11. The van der Waals surface area contributed by atoms with Crippen molar-refractivity contribution in [3.63, 3.8) is 0 Å². The van der Waals surface area contributed by atoms with Crippen molar-refractivity contribution in [2.24, 2.45) is 0 Å². The number of benzene rings is 1. The average molecular weight is 258 g/mol. The first-order valence-electron chi connectivity index (χ1n) is 5.56. The Bertz CT molecular complexity index is 627. The van der Waals surface area contributed by atoms with Gasteiger partial charge in [-0.1, -0.05) is 0 Å². The van der Waals surface area contributed by atoms with Gasteiger partial charge in [0.05, 0.1) is 11.8 Å². The highest BCUT2D eigenvalue weighted by molar-refractivity contribution is 5.92. The van der Waals surface area contributed by atoms with Crippen LogP contribution in [-0.4, -0.2) is 34.2 Å². The predicted molar refractivity (Wildman–Crippen MR) is 66.1 cm³/mol. The number of nitrogens with zero attached hydrogens (tertiary/aromatic N) is 4. The monoisotopic (exact) mass is 258 g/mol. The zero-order valence-electron chi connectivity index (χ0n) is 10.2. The first-order valence-corrected chi connectivity index (χ1v) is 5.56. The number of hydrogen-bond donors (Lipinski definition) is 0. The molecule has 6 heteroatoms. The van der Waals surface area contributed by atoms with Crippen LogP contribution in [0.4, 0.5) is 4.39 Å². The third-order valence-electron chi connectivity index (χ3n) is 2.55. The van der Waals surface area contributed by atoms with Crippen molar-refractivity contribution in [1.29, 1.82) is 5.26 Å². The van der Waals surface area contributed by atoms with E-state index in [0.717, 1.165) is 0 Å². The van der Waals surface area contributed by atoms with Crippen molar-refractivity contribution in [3.05, 3.63) is 48.0 Å². The van der Waals surface area contributed by atoms with Gasteiger partial charge in [0.2, 0.25) is 0 Å². The Balaban J connectivity index is 2.22. The number of aromatic nitrogens is 2. The van der Waals surface area contributed by atoms with Crippen LogP contribution in [0, 0.1) is 17.1 Å². The lowest BCUT2D eigenvalue weighted by Crippen LogP contribution is -2.27. The lowest BCUT2D eigenvalue weighted by Gasteiger charge is -2.10. The van der Waals surface area contributed by atoms with E-state index in [1.54, 1.807) is 24.4 Å². The number of amides is 1. The number of carbonyl (C=O) groups is 1. The third-order valence-corrected chi connectivity index (χ3v) is 2.55. The Morgan fingerprint density at radius 1 is 1.42 bits per heavy atom. The molecule has 19 heavy (non-hydrogen) atoms. The highest BCUT2D eigenvalue weighted by atomic mass is 19.1. The maximum absolute atomic E-state index is 12.8. The summed E-state index contributed by atoms with van der Waals surface area (Å²) in [6.07, 6.45) is 1.61. The molecule has 1 heterocycles. The van der Waals surface area contributed by atoms with E-state index in [1.807, 2.05) is 6.07 Å². The summed E-state index contributed by atoms with van der Waals surface area (Å²) in [6.45, 7) is 0.00222. The summed E-state index contributed by atoms with van der Waals surface area (Å²) >= 11 is 0. The van der Waals surface area contributed by atoms with E-state index in [-0.39, 0.29) is 24.0 Å². The summed E-state index contributed by atoms with van der Waals surface area (Å²) in [5, 5.41) is 12.6. The second kappa shape index (κ2) is 5.31. The van der Waals surface area contributed by atoms with Crippen molar-refractivity contribution in [3.8, 4) is 11.8 Å². The molecule has 0 aliphatic carbocycles. The standard InChI is InChI=1S/C13H11FN4O/c1-17(9-7-15)13(19)12-6-8-18(16-12)11-4-2-10(14)3-5-11/h2-6,8H,9H2,1H3. The molecule has 1 aromatic heterocycles. The van der Waals surface area contributed by atoms with Crippen LogP contribution in [0.1, 0.15) is 10.5 Å². The number of nitriles is 1. The van der Waals surface area contributed by atoms with Gasteiger partial charge < -0.3 is 4.90 Å². The second-order valence-electron chi connectivity index (χ2n) is 3.94. The Kier molecular flexibility index (Phi) is 3.57. The van der Waals surface area contributed by atoms with Gasteiger partial charge in [0.15, 0.2) is 5.69 Å². The predicted octanol–water partition coefficient (Wildman–Crippen LogP) is 1.61. The van der Waals surface area contributed by atoms with E-state index in [2.05, 4.69) is 5.10 Å². The number of rotatable bonds is 3. The molecule has 2 rings (SSSR count). The molecule has 1 aromatic carbocycles. The van der Waals surface area contributed by atoms with Gasteiger partial charge >= 0.3 is 0 Å². The normalized spacial score (nSPS) is 9.95. The van der Waals surface area contributed by atoms with E-state index in [0.29, 0.717) is 5.69 Å². The van der Waals surface area contributed by atoms with Gasteiger partial charge in [-0.15, -0.1) is 0 Å². The van der Waals surface area contributed by atoms with Gasteiger partial charge in [-0.25, -0.2) is 9.07 Å². The van der Waals surface area contributed by atoms with Gasteiger partial charge in [0, 0.05) is 13.2 Å². The summed E-state index contributed by atoms with van der Waals surface area (Å²) < 4.78 is 14.3. The molecule has 0 N–H and O–H groups in total. The van der Waals surface area contributed by atoms with Crippen LogP contribution in [0.5, 0.6) is 0 Å². The Morgan fingerprint density at radius 2 is 2.11 bits per heavy atom. The largest absolute Gasteiger partial charge is 0.327 e. The zero-order valence-corrected chi connectivity index (χ0v) is 10.2. The minimum absolute atomic E-state index is 0.00222. The summed E-state index contributed by atoms with van der Waals surface area (Å²) in [5.74, 6) is -0.664. The molecule has 96 valence electrons. The molecule has 0 fully saturated rings. The quantitative estimate of drug-likeness (QED) is 0.786. The summed E-state index contributed by atoms with van der Waals surface area (Å²) in [5.41, 5.74) is 0.894. The molecule has 2 aromatic rings. The summed E-state index contributed by atoms with van der Waals surface area (Å²) in [7, 11) is 1.53. The molecule has 0 atom stereocenters. The van der Waals surface area contributed by atoms with Gasteiger partial charge in [0.1, 0.15) is 12.4 Å². The van der Waals surface area contributed by atoms with Crippen molar-refractivity contribution in [2.45, 2.75) is 0 Å². The van der Waals surface area contributed by atoms with Crippen LogP contribution >= 0.6 is 0 Å². The topological polar surface area (TPSA) is 61.9 Å². The highest BCUT2D eigenvalue weighted by Gasteiger charge is 2.14. The molecule has 0 aliphatic heterocycles. The summed E-state index contributed by atoms with van der Waals surface area (Å²) in [6, 6.07) is 9.22. The van der Waals surface area contributed by atoms with Crippen molar-refractivity contribution in [2.75, 3.05) is 13.6 Å². The van der Waals surface area contributed by atoms with Crippen LogP contribution < -0.4 is 0 Å². The van der Waals surface area contributed by atoms with Crippen molar-refractivity contribution < 1.29 is 9.18 Å². The van der Waals surface area contributed by atoms with Gasteiger partial charge in [-0.2, -0.15) is 10.4 Å².